The van der Waals surface area contributed by atoms with E-state index in [-0.39, 0.29) is 18.8 Å². The predicted octanol–water partition coefficient (Wildman–Crippen LogP) is -2.11. The van der Waals surface area contributed by atoms with Crippen molar-refractivity contribution in [1.29, 1.82) is 0 Å². The summed E-state index contributed by atoms with van der Waals surface area (Å²) in [5.74, 6) is -0.0729. The van der Waals surface area contributed by atoms with E-state index in [2.05, 4.69) is 0 Å². The largest absolute Gasteiger partial charge is 0.388 e. The van der Waals surface area contributed by atoms with Crippen molar-refractivity contribution >= 4 is 5.78 Å². The number of carbonyl (C=O) groups excluding carboxylic acids is 1. The monoisotopic (exact) mass is 518 g/mol. The Balaban J connectivity index is 1.64. The van der Waals surface area contributed by atoms with Gasteiger partial charge in [0.25, 0.3) is 0 Å². The van der Waals surface area contributed by atoms with Crippen LogP contribution < -0.4 is 0 Å². The number of hydrogen-bond donors (Lipinski definition) is 7. The third kappa shape index (κ3) is 5.89. The minimum absolute atomic E-state index is 0.0729. The Morgan fingerprint density at radius 2 is 1.69 bits per heavy atom. The van der Waals surface area contributed by atoms with E-state index in [9.17, 15) is 40.5 Å². The SMILES string of the molecule is CC1=CC(=O)CC(C)(C)[C@@]1(O)/C=C/[C@@H](C)O[C@@H]1O[C@H](CO[C@@H]2OC[C@H](O)[C@H](O)[C@H]2O)[C@@H](O)[C@H](O)[C@H]1O. The lowest BCUT2D eigenvalue weighted by Gasteiger charge is -2.44. The van der Waals surface area contributed by atoms with Crippen molar-refractivity contribution in [3.05, 3.63) is 23.8 Å². The van der Waals surface area contributed by atoms with Gasteiger partial charge in [0, 0.05) is 11.8 Å². The highest BCUT2D eigenvalue weighted by Gasteiger charge is 2.48. The summed E-state index contributed by atoms with van der Waals surface area (Å²) in [5.41, 5.74) is -1.69. The Bertz CT molecular complexity index is 843. The van der Waals surface area contributed by atoms with Crippen molar-refractivity contribution in [1.82, 2.24) is 0 Å². The van der Waals surface area contributed by atoms with Crippen molar-refractivity contribution in [3.63, 3.8) is 0 Å². The lowest BCUT2D eigenvalue weighted by atomic mass is 9.64. The third-order valence-corrected chi connectivity index (χ3v) is 7.13. The molecule has 206 valence electrons. The summed E-state index contributed by atoms with van der Waals surface area (Å²) >= 11 is 0. The summed E-state index contributed by atoms with van der Waals surface area (Å²) in [5, 5.41) is 71.6. The molecular weight excluding hydrogens is 480 g/mol. The molecule has 2 fully saturated rings. The van der Waals surface area contributed by atoms with Crippen LogP contribution in [0.2, 0.25) is 0 Å². The molecule has 2 aliphatic heterocycles. The molecule has 3 rings (SSSR count). The fraction of sp³-hybridized carbons (Fsp3) is 0.792. The maximum Gasteiger partial charge on any atom is 0.187 e. The number of hydrogen-bond acceptors (Lipinski definition) is 12. The van der Waals surface area contributed by atoms with E-state index in [1.54, 1.807) is 33.8 Å². The van der Waals surface area contributed by atoms with Gasteiger partial charge in [0.2, 0.25) is 0 Å². The number of aliphatic hydroxyl groups is 7. The highest BCUT2D eigenvalue weighted by Crippen LogP contribution is 2.44. The van der Waals surface area contributed by atoms with Crippen LogP contribution in [0.4, 0.5) is 0 Å². The van der Waals surface area contributed by atoms with Gasteiger partial charge < -0.3 is 54.7 Å². The number of allylic oxidation sites excluding steroid dienone is 1. The Hall–Kier alpha value is -1.29. The zero-order valence-corrected chi connectivity index (χ0v) is 20.8. The summed E-state index contributed by atoms with van der Waals surface area (Å²) in [6.45, 7) is 6.17. The summed E-state index contributed by atoms with van der Waals surface area (Å²) in [6.07, 6.45) is -9.09. The van der Waals surface area contributed by atoms with Crippen LogP contribution >= 0.6 is 0 Å². The minimum atomic E-state index is -1.64. The lowest BCUT2D eigenvalue weighted by molar-refractivity contribution is -0.324. The molecule has 0 amide bonds. The highest BCUT2D eigenvalue weighted by atomic mass is 16.7. The van der Waals surface area contributed by atoms with Crippen LogP contribution in [0.25, 0.3) is 0 Å². The molecule has 0 aromatic heterocycles. The third-order valence-electron chi connectivity index (χ3n) is 7.13. The Labute approximate surface area is 209 Å². The Kier molecular flexibility index (Phi) is 9.12. The van der Waals surface area contributed by atoms with Crippen LogP contribution in [0.5, 0.6) is 0 Å². The van der Waals surface area contributed by atoms with Crippen molar-refractivity contribution in [2.45, 2.75) is 101 Å². The van der Waals surface area contributed by atoms with E-state index in [0.717, 1.165) is 0 Å². The Morgan fingerprint density at radius 3 is 2.33 bits per heavy atom. The summed E-state index contributed by atoms with van der Waals surface area (Å²) < 4.78 is 21.9. The van der Waals surface area contributed by atoms with E-state index in [0.29, 0.717) is 5.57 Å². The van der Waals surface area contributed by atoms with E-state index in [1.165, 1.54) is 12.2 Å². The number of ether oxygens (including phenoxy) is 4. The quantitative estimate of drug-likeness (QED) is 0.181. The molecule has 36 heavy (non-hydrogen) atoms. The molecule has 12 nitrogen and oxygen atoms in total. The second-order valence-corrected chi connectivity index (χ2v) is 10.4. The van der Waals surface area contributed by atoms with Crippen molar-refractivity contribution in [2.24, 2.45) is 5.41 Å². The molecule has 11 atom stereocenters. The molecule has 0 saturated carbocycles. The molecule has 12 heteroatoms. The standard InChI is InChI=1S/C24H38O12/c1-11-7-13(25)8-23(3,4)24(11,32)6-5-12(2)35-22-20(31)18(29)17(28)15(36-22)10-34-21-19(30)16(27)14(26)9-33-21/h5-7,12,14-22,26-32H,8-10H2,1-4H3/b6-5+/t12-,14+,15-,16+,17-,18+,19-,20-,21+,22-,24-/m1/s1. The fourth-order valence-electron chi connectivity index (χ4n) is 4.68. The van der Waals surface area contributed by atoms with Gasteiger partial charge in [-0.3, -0.25) is 4.79 Å². The van der Waals surface area contributed by atoms with E-state index in [1.807, 2.05) is 0 Å². The summed E-state index contributed by atoms with van der Waals surface area (Å²) in [7, 11) is 0. The number of ketones is 1. The molecule has 2 saturated heterocycles. The van der Waals surface area contributed by atoms with Crippen LogP contribution in [0.15, 0.2) is 23.8 Å². The molecule has 0 bridgehead atoms. The Morgan fingerprint density at radius 1 is 1.06 bits per heavy atom. The first-order chi connectivity index (χ1) is 16.7. The molecule has 0 spiro atoms. The summed E-state index contributed by atoms with van der Waals surface area (Å²) in [6, 6.07) is 0. The maximum absolute atomic E-state index is 11.9. The number of carbonyl (C=O) groups is 1. The summed E-state index contributed by atoms with van der Waals surface area (Å²) in [4.78, 5) is 11.9. The van der Waals surface area contributed by atoms with E-state index >= 15 is 0 Å². The zero-order chi connectivity index (χ0) is 27.0. The van der Waals surface area contributed by atoms with Gasteiger partial charge in [-0.05, 0) is 31.6 Å². The number of rotatable bonds is 7. The second-order valence-electron chi connectivity index (χ2n) is 10.4. The van der Waals surface area contributed by atoms with Crippen LogP contribution in [-0.2, 0) is 23.7 Å². The highest BCUT2D eigenvalue weighted by molar-refractivity contribution is 5.92. The average molecular weight is 519 g/mol. The topological polar surface area (TPSA) is 196 Å². The zero-order valence-electron chi connectivity index (χ0n) is 20.8. The molecule has 0 aromatic carbocycles. The molecule has 0 radical (unpaired) electrons. The van der Waals surface area contributed by atoms with E-state index < -0.39 is 79.0 Å². The van der Waals surface area contributed by atoms with Gasteiger partial charge in [-0.2, -0.15) is 0 Å². The van der Waals surface area contributed by atoms with Crippen LogP contribution in [-0.4, -0.2) is 122 Å². The fourth-order valence-corrected chi connectivity index (χ4v) is 4.68. The predicted molar refractivity (Wildman–Crippen MR) is 122 cm³/mol. The van der Waals surface area contributed by atoms with Gasteiger partial charge in [-0.15, -0.1) is 0 Å². The first-order valence-electron chi connectivity index (χ1n) is 11.9. The van der Waals surface area contributed by atoms with Gasteiger partial charge in [-0.25, -0.2) is 0 Å². The second kappa shape index (κ2) is 11.2. The van der Waals surface area contributed by atoms with Gasteiger partial charge in [0.05, 0.1) is 19.3 Å². The number of aliphatic hydroxyl groups excluding tert-OH is 6. The van der Waals surface area contributed by atoms with Gasteiger partial charge >= 0.3 is 0 Å². The van der Waals surface area contributed by atoms with Gasteiger partial charge in [0.15, 0.2) is 18.4 Å². The smallest absolute Gasteiger partial charge is 0.187 e. The van der Waals surface area contributed by atoms with Crippen molar-refractivity contribution < 1.29 is 59.5 Å². The minimum Gasteiger partial charge on any atom is -0.388 e. The van der Waals surface area contributed by atoms with Crippen LogP contribution in [0.1, 0.15) is 34.1 Å². The van der Waals surface area contributed by atoms with Crippen LogP contribution in [0, 0.1) is 5.41 Å². The molecular formula is C24H38O12. The van der Waals surface area contributed by atoms with Crippen LogP contribution in [0.3, 0.4) is 0 Å². The molecule has 3 aliphatic rings. The van der Waals surface area contributed by atoms with Crippen molar-refractivity contribution in [2.75, 3.05) is 13.2 Å². The molecule has 0 aromatic rings. The first-order valence-corrected chi connectivity index (χ1v) is 11.9. The normalized spacial score (nSPS) is 44.5. The molecule has 0 unspecified atom stereocenters. The van der Waals surface area contributed by atoms with E-state index in [4.69, 9.17) is 18.9 Å². The van der Waals surface area contributed by atoms with Gasteiger partial charge in [-0.1, -0.05) is 19.9 Å². The molecule has 2 heterocycles. The first kappa shape index (κ1) is 29.3. The maximum atomic E-state index is 11.9. The lowest BCUT2D eigenvalue weighted by Crippen LogP contribution is -2.60. The molecule has 1 aliphatic carbocycles. The van der Waals surface area contributed by atoms with Crippen molar-refractivity contribution in [3.8, 4) is 0 Å². The molecule has 7 N–H and O–H groups in total. The van der Waals surface area contributed by atoms with Gasteiger partial charge in [0.1, 0.15) is 48.3 Å². The average Bonchev–Trinajstić information content (AvgIpc) is 2.80.